The van der Waals surface area contributed by atoms with Crippen molar-refractivity contribution in [1.82, 2.24) is 9.97 Å². The third-order valence-corrected chi connectivity index (χ3v) is 3.57. The minimum absolute atomic E-state index is 0.0537. The number of nitrogens with zero attached hydrogens (tertiary/aromatic N) is 2. The predicted octanol–water partition coefficient (Wildman–Crippen LogP) is 2.21. The molecule has 5 nitrogen and oxygen atoms in total. The van der Waals surface area contributed by atoms with Crippen molar-refractivity contribution in [2.45, 2.75) is 5.75 Å². The molecule has 0 atom stereocenters. The monoisotopic (exact) mass is 301 g/mol. The molecule has 2 aromatic rings. The molecule has 2 rings (SSSR count). The van der Waals surface area contributed by atoms with E-state index in [4.69, 9.17) is 11.6 Å². The summed E-state index contributed by atoms with van der Waals surface area (Å²) in [5, 5.41) is -0.0537. The van der Waals surface area contributed by atoms with Crippen molar-refractivity contribution in [1.29, 1.82) is 0 Å². The van der Waals surface area contributed by atoms with Gasteiger partial charge in [-0.25, -0.2) is 17.8 Å². The van der Waals surface area contributed by atoms with Gasteiger partial charge in [0.1, 0.15) is 11.6 Å². The summed E-state index contributed by atoms with van der Waals surface area (Å²) in [6, 6.07) is 6.59. The Bertz CT molecular complexity index is 677. The largest absolute Gasteiger partial charge is 0.267 e. The molecule has 0 saturated carbocycles. The maximum Gasteiger partial charge on any atom is 0.238 e. The first-order valence-electron chi connectivity index (χ1n) is 5.18. The molecule has 1 aromatic carbocycles. The van der Waals surface area contributed by atoms with Gasteiger partial charge in [-0.1, -0.05) is 12.1 Å². The van der Waals surface area contributed by atoms with Crippen LogP contribution < -0.4 is 4.72 Å². The molecule has 19 heavy (non-hydrogen) atoms. The van der Waals surface area contributed by atoms with Crippen LogP contribution in [0, 0.1) is 5.82 Å². The van der Waals surface area contributed by atoms with Crippen LogP contribution in [0.3, 0.4) is 0 Å². The summed E-state index contributed by atoms with van der Waals surface area (Å²) in [5.74, 6) is -0.617. The van der Waals surface area contributed by atoms with E-state index in [0.717, 1.165) is 0 Å². The SMILES string of the molecule is O=S(=O)(Cc1ccc(F)cc1)Nc1ccnc(Cl)n1. The zero-order valence-electron chi connectivity index (χ0n) is 9.55. The fourth-order valence-electron chi connectivity index (χ4n) is 1.39. The zero-order chi connectivity index (χ0) is 13.9. The van der Waals surface area contributed by atoms with Crippen LogP contribution in [-0.2, 0) is 15.8 Å². The van der Waals surface area contributed by atoms with Gasteiger partial charge in [0, 0.05) is 6.20 Å². The van der Waals surface area contributed by atoms with Gasteiger partial charge in [-0.05, 0) is 35.4 Å². The molecular formula is C11H9ClFN3O2S. The summed E-state index contributed by atoms with van der Waals surface area (Å²) in [5.41, 5.74) is 0.467. The number of rotatable bonds is 4. The highest BCUT2D eigenvalue weighted by molar-refractivity contribution is 7.91. The highest BCUT2D eigenvalue weighted by Gasteiger charge is 2.12. The van der Waals surface area contributed by atoms with E-state index in [1.807, 2.05) is 0 Å². The van der Waals surface area contributed by atoms with Crippen molar-refractivity contribution in [3.8, 4) is 0 Å². The van der Waals surface area contributed by atoms with E-state index in [-0.39, 0.29) is 16.9 Å². The van der Waals surface area contributed by atoms with Gasteiger partial charge in [-0.2, -0.15) is 4.98 Å². The fraction of sp³-hybridized carbons (Fsp3) is 0.0909. The molecule has 0 bridgehead atoms. The number of aromatic nitrogens is 2. The van der Waals surface area contributed by atoms with Gasteiger partial charge >= 0.3 is 0 Å². The summed E-state index contributed by atoms with van der Waals surface area (Å²) in [6.07, 6.45) is 1.34. The molecule has 1 aromatic heterocycles. The van der Waals surface area contributed by atoms with E-state index in [0.29, 0.717) is 5.56 Å². The van der Waals surface area contributed by atoms with Gasteiger partial charge in [0.2, 0.25) is 15.3 Å². The first kappa shape index (κ1) is 13.7. The second-order valence-electron chi connectivity index (χ2n) is 3.70. The van der Waals surface area contributed by atoms with Crippen molar-refractivity contribution in [3.63, 3.8) is 0 Å². The molecule has 0 unspecified atom stereocenters. The number of sulfonamides is 1. The van der Waals surface area contributed by atoms with E-state index >= 15 is 0 Å². The fourth-order valence-corrected chi connectivity index (χ4v) is 2.67. The van der Waals surface area contributed by atoms with E-state index in [9.17, 15) is 12.8 Å². The molecule has 0 amide bonds. The maximum absolute atomic E-state index is 12.7. The van der Waals surface area contributed by atoms with E-state index in [2.05, 4.69) is 14.7 Å². The molecule has 1 N–H and O–H groups in total. The highest BCUT2D eigenvalue weighted by atomic mass is 35.5. The van der Waals surface area contributed by atoms with Gasteiger partial charge < -0.3 is 0 Å². The van der Waals surface area contributed by atoms with Gasteiger partial charge in [0.15, 0.2) is 0 Å². The van der Waals surface area contributed by atoms with Crippen molar-refractivity contribution in [3.05, 3.63) is 53.2 Å². The smallest absolute Gasteiger partial charge is 0.238 e. The first-order valence-corrected chi connectivity index (χ1v) is 7.21. The summed E-state index contributed by atoms with van der Waals surface area (Å²) >= 11 is 5.55. The second-order valence-corrected chi connectivity index (χ2v) is 5.76. The Morgan fingerprint density at radius 2 is 1.89 bits per heavy atom. The summed E-state index contributed by atoms with van der Waals surface area (Å²) in [6.45, 7) is 0. The molecule has 0 saturated heterocycles. The van der Waals surface area contributed by atoms with Crippen LogP contribution in [0.5, 0.6) is 0 Å². The predicted molar refractivity (Wildman–Crippen MR) is 69.7 cm³/mol. The van der Waals surface area contributed by atoms with Crippen molar-refractivity contribution >= 4 is 27.4 Å². The molecule has 8 heteroatoms. The lowest BCUT2D eigenvalue weighted by Crippen LogP contribution is -2.16. The molecule has 0 radical (unpaired) electrons. The third kappa shape index (κ3) is 4.15. The minimum atomic E-state index is -3.64. The van der Waals surface area contributed by atoms with Gasteiger partial charge in [-0.3, -0.25) is 4.72 Å². The molecule has 0 aliphatic heterocycles. The van der Waals surface area contributed by atoms with Gasteiger partial charge in [0.05, 0.1) is 5.75 Å². The van der Waals surface area contributed by atoms with Crippen LogP contribution in [0.25, 0.3) is 0 Å². The maximum atomic E-state index is 12.7. The van der Waals surface area contributed by atoms with Crippen LogP contribution in [0.2, 0.25) is 5.28 Å². The summed E-state index contributed by atoms with van der Waals surface area (Å²) in [7, 11) is -3.64. The quantitative estimate of drug-likeness (QED) is 0.879. The molecule has 1 heterocycles. The average Bonchev–Trinajstić information content (AvgIpc) is 2.31. The molecule has 0 aliphatic rings. The summed E-state index contributed by atoms with van der Waals surface area (Å²) in [4.78, 5) is 7.36. The van der Waals surface area contributed by atoms with E-state index < -0.39 is 15.8 Å². The van der Waals surface area contributed by atoms with Crippen molar-refractivity contribution in [2.24, 2.45) is 0 Å². The minimum Gasteiger partial charge on any atom is -0.267 e. The van der Waals surface area contributed by atoms with Crippen LogP contribution in [0.4, 0.5) is 10.2 Å². The Kier molecular flexibility index (Phi) is 3.96. The van der Waals surface area contributed by atoms with Crippen LogP contribution in [0.1, 0.15) is 5.56 Å². The lowest BCUT2D eigenvalue weighted by Gasteiger charge is -2.07. The Labute approximate surface area is 114 Å². The standard InChI is InChI=1S/C11H9ClFN3O2S/c12-11-14-6-5-10(15-11)16-19(17,18)7-8-1-3-9(13)4-2-8/h1-6H,7H2,(H,14,15,16). The molecule has 0 spiro atoms. The van der Waals surface area contributed by atoms with Crippen molar-refractivity contribution in [2.75, 3.05) is 4.72 Å². The van der Waals surface area contributed by atoms with Gasteiger partial charge in [-0.15, -0.1) is 0 Å². The van der Waals surface area contributed by atoms with Crippen LogP contribution in [0.15, 0.2) is 36.5 Å². The Balaban J connectivity index is 2.13. The van der Waals surface area contributed by atoms with Crippen LogP contribution >= 0.6 is 11.6 Å². The Morgan fingerprint density at radius 3 is 2.53 bits per heavy atom. The number of benzene rings is 1. The third-order valence-electron chi connectivity index (χ3n) is 2.16. The Morgan fingerprint density at radius 1 is 1.21 bits per heavy atom. The molecule has 0 fully saturated rings. The first-order chi connectivity index (χ1) is 8.94. The normalized spacial score (nSPS) is 11.3. The number of hydrogen-bond donors (Lipinski definition) is 1. The van der Waals surface area contributed by atoms with Crippen molar-refractivity contribution < 1.29 is 12.8 Å². The number of anilines is 1. The number of nitrogens with one attached hydrogen (secondary N) is 1. The average molecular weight is 302 g/mol. The summed E-state index contributed by atoms with van der Waals surface area (Å²) < 4.78 is 38.7. The second kappa shape index (κ2) is 5.50. The lowest BCUT2D eigenvalue weighted by atomic mass is 10.2. The Hall–Kier alpha value is -1.73. The lowest BCUT2D eigenvalue weighted by molar-refractivity contribution is 0.599. The van der Waals surface area contributed by atoms with Gasteiger partial charge in [0.25, 0.3) is 0 Å². The topological polar surface area (TPSA) is 72.0 Å². The number of halogens is 2. The number of hydrogen-bond acceptors (Lipinski definition) is 4. The molecule has 100 valence electrons. The zero-order valence-corrected chi connectivity index (χ0v) is 11.1. The van der Waals surface area contributed by atoms with E-state index in [1.165, 1.54) is 36.5 Å². The highest BCUT2D eigenvalue weighted by Crippen LogP contribution is 2.12. The molecule has 0 aliphatic carbocycles. The molecular weight excluding hydrogens is 293 g/mol. The van der Waals surface area contributed by atoms with Crippen LogP contribution in [-0.4, -0.2) is 18.4 Å². The van der Waals surface area contributed by atoms with E-state index in [1.54, 1.807) is 0 Å².